The number of piperidine rings is 1. The zero-order chi connectivity index (χ0) is 17.3. The average molecular weight is 349 g/mol. The molecule has 7 heteroatoms. The van der Waals surface area contributed by atoms with Crippen LogP contribution in [0.25, 0.3) is 0 Å². The highest BCUT2D eigenvalue weighted by Gasteiger charge is 2.37. The van der Waals surface area contributed by atoms with Gasteiger partial charge in [-0.1, -0.05) is 43.1 Å². The molecule has 0 radical (unpaired) electrons. The van der Waals surface area contributed by atoms with E-state index in [1.807, 2.05) is 32.9 Å². The normalized spacial score (nSPS) is 19.8. The fourth-order valence-corrected chi connectivity index (χ4v) is 4.55. The van der Waals surface area contributed by atoms with Crippen molar-refractivity contribution in [3.63, 3.8) is 0 Å². The van der Waals surface area contributed by atoms with Crippen LogP contribution in [0, 0.1) is 6.92 Å². The number of nitrogens with zero attached hydrogens (tertiary/aromatic N) is 3. The van der Waals surface area contributed by atoms with Crippen LogP contribution in [0.4, 0.5) is 0 Å². The van der Waals surface area contributed by atoms with Crippen LogP contribution >= 0.6 is 0 Å². The molecule has 3 rings (SSSR count). The zero-order valence-electron chi connectivity index (χ0n) is 14.3. The third-order valence-corrected chi connectivity index (χ3v) is 6.26. The quantitative estimate of drug-likeness (QED) is 0.845. The summed E-state index contributed by atoms with van der Waals surface area (Å²) >= 11 is 0. The summed E-state index contributed by atoms with van der Waals surface area (Å²) in [6.07, 6.45) is 2.49. The second-order valence-electron chi connectivity index (χ2n) is 6.59. The topological polar surface area (TPSA) is 76.3 Å². The van der Waals surface area contributed by atoms with Gasteiger partial charge < -0.3 is 4.52 Å². The Balaban J connectivity index is 1.95. The third kappa shape index (κ3) is 3.23. The van der Waals surface area contributed by atoms with E-state index in [4.69, 9.17) is 4.52 Å². The Bertz CT molecular complexity index is 797. The highest BCUT2D eigenvalue weighted by atomic mass is 32.2. The number of hydrogen-bond acceptors (Lipinski definition) is 5. The van der Waals surface area contributed by atoms with Gasteiger partial charge in [0.15, 0.2) is 5.82 Å². The summed E-state index contributed by atoms with van der Waals surface area (Å²) in [7, 11) is -3.58. The van der Waals surface area contributed by atoms with Gasteiger partial charge >= 0.3 is 0 Å². The van der Waals surface area contributed by atoms with Crippen molar-refractivity contribution in [2.75, 3.05) is 6.54 Å². The van der Waals surface area contributed by atoms with E-state index in [-0.39, 0.29) is 12.0 Å². The number of aryl methyl sites for hydroxylation is 1. The standard InChI is InChI=1S/C17H23N3O3S/c1-12(2)16-18-17(23-19-16)15-6-4-5-11-20(15)24(21,22)14-9-7-13(3)8-10-14/h7-10,12,15H,4-6,11H2,1-3H3. The zero-order valence-corrected chi connectivity index (χ0v) is 15.1. The molecule has 2 heterocycles. The van der Waals surface area contributed by atoms with Gasteiger partial charge in [0.05, 0.1) is 4.90 Å². The maximum absolute atomic E-state index is 13.1. The lowest BCUT2D eigenvalue weighted by Crippen LogP contribution is -2.38. The second-order valence-corrected chi connectivity index (χ2v) is 8.48. The minimum atomic E-state index is -3.58. The summed E-state index contributed by atoms with van der Waals surface area (Å²) < 4.78 is 33.0. The maximum atomic E-state index is 13.1. The molecule has 0 amide bonds. The van der Waals surface area contributed by atoms with Gasteiger partial charge in [0.2, 0.25) is 15.9 Å². The van der Waals surface area contributed by atoms with Crippen molar-refractivity contribution in [2.45, 2.75) is 56.9 Å². The number of aromatic nitrogens is 2. The van der Waals surface area contributed by atoms with Gasteiger partial charge in [-0.05, 0) is 31.9 Å². The van der Waals surface area contributed by atoms with Crippen LogP contribution in [0.5, 0.6) is 0 Å². The van der Waals surface area contributed by atoms with Crippen LogP contribution in [-0.2, 0) is 10.0 Å². The SMILES string of the molecule is Cc1ccc(S(=O)(=O)N2CCCCC2c2nc(C(C)C)no2)cc1. The van der Waals surface area contributed by atoms with E-state index in [1.54, 1.807) is 12.1 Å². The van der Waals surface area contributed by atoms with Crippen LogP contribution in [0.2, 0.25) is 0 Å². The van der Waals surface area contributed by atoms with Gasteiger partial charge in [-0.25, -0.2) is 8.42 Å². The van der Waals surface area contributed by atoms with Crippen LogP contribution in [-0.4, -0.2) is 29.4 Å². The van der Waals surface area contributed by atoms with Crippen molar-refractivity contribution < 1.29 is 12.9 Å². The molecule has 0 aliphatic carbocycles. The van der Waals surface area contributed by atoms with Crippen molar-refractivity contribution in [1.82, 2.24) is 14.4 Å². The van der Waals surface area contributed by atoms with E-state index in [0.717, 1.165) is 18.4 Å². The first kappa shape index (κ1) is 17.1. The van der Waals surface area contributed by atoms with Crippen molar-refractivity contribution in [1.29, 1.82) is 0 Å². The Morgan fingerprint density at radius 1 is 1.21 bits per heavy atom. The Morgan fingerprint density at radius 3 is 2.54 bits per heavy atom. The first-order valence-corrected chi connectivity index (χ1v) is 9.75. The highest BCUT2D eigenvalue weighted by molar-refractivity contribution is 7.89. The van der Waals surface area contributed by atoms with Gasteiger partial charge in [0.25, 0.3) is 0 Å². The lowest BCUT2D eigenvalue weighted by molar-refractivity contribution is 0.204. The summed E-state index contributed by atoms with van der Waals surface area (Å²) in [5, 5.41) is 3.98. The van der Waals surface area contributed by atoms with E-state index in [2.05, 4.69) is 10.1 Å². The minimum absolute atomic E-state index is 0.147. The molecule has 0 bridgehead atoms. The van der Waals surface area contributed by atoms with E-state index in [9.17, 15) is 8.42 Å². The molecular weight excluding hydrogens is 326 g/mol. The minimum Gasteiger partial charge on any atom is -0.338 e. The van der Waals surface area contributed by atoms with Gasteiger partial charge in [-0.3, -0.25) is 0 Å². The molecule has 6 nitrogen and oxygen atoms in total. The van der Waals surface area contributed by atoms with Crippen LogP contribution in [0.15, 0.2) is 33.7 Å². The lowest BCUT2D eigenvalue weighted by atomic mass is 10.1. The average Bonchev–Trinajstić information content (AvgIpc) is 3.05. The van der Waals surface area contributed by atoms with Gasteiger partial charge in [-0.2, -0.15) is 9.29 Å². The largest absolute Gasteiger partial charge is 0.338 e. The van der Waals surface area contributed by atoms with Gasteiger partial charge in [-0.15, -0.1) is 0 Å². The van der Waals surface area contributed by atoms with E-state index in [1.165, 1.54) is 4.31 Å². The van der Waals surface area contributed by atoms with Crippen molar-refractivity contribution >= 4 is 10.0 Å². The Labute approximate surface area is 142 Å². The molecule has 0 spiro atoms. The molecule has 130 valence electrons. The molecule has 1 saturated heterocycles. The first-order valence-electron chi connectivity index (χ1n) is 8.31. The molecule has 1 aromatic heterocycles. The lowest BCUT2D eigenvalue weighted by Gasteiger charge is -2.32. The van der Waals surface area contributed by atoms with E-state index < -0.39 is 10.0 Å². The van der Waals surface area contributed by atoms with Gasteiger partial charge in [0, 0.05) is 12.5 Å². The third-order valence-electron chi connectivity index (χ3n) is 4.34. The molecule has 1 aliphatic rings. The summed E-state index contributed by atoms with van der Waals surface area (Å²) in [6, 6.07) is 6.56. The molecule has 1 aromatic carbocycles. The smallest absolute Gasteiger partial charge is 0.245 e. The summed E-state index contributed by atoms with van der Waals surface area (Å²) in [6.45, 7) is 6.37. The van der Waals surface area contributed by atoms with Gasteiger partial charge in [0.1, 0.15) is 6.04 Å². The fourth-order valence-electron chi connectivity index (χ4n) is 2.90. The van der Waals surface area contributed by atoms with Crippen molar-refractivity contribution in [3.05, 3.63) is 41.5 Å². The fraction of sp³-hybridized carbons (Fsp3) is 0.529. The molecular formula is C17H23N3O3S. The molecule has 24 heavy (non-hydrogen) atoms. The van der Waals surface area contributed by atoms with E-state index in [0.29, 0.717) is 29.6 Å². The summed E-state index contributed by atoms with van der Waals surface area (Å²) in [5.41, 5.74) is 1.03. The van der Waals surface area contributed by atoms with Crippen molar-refractivity contribution in [2.24, 2.45) is 0 Å². The number of benzene rings is 1. The predicted molar refractivity (Wildman–Crippen MR) is 90.0 cm³/mol. The number of sulfonamides is 1. The molecule has 1 fully saturated rings. The van der Waals surface area contributed by atoms with Crippen LogP contribution < -0.4 is 0 Å². The predicted octanol–water partition coefficient (Wildman–Crippen LogP) is 3.42. The molecule has 2 aromatic rings. The summed E-state index contributed by atoms with van der Waals surface area (Å²) in [5.74, 6) is 1.16. The molecule has 0 saturated carbocycles. The number of hydrogen-bond donors (Lipinski definition) is 0. The molecule has 1 aliphatic heterocycles. The first-order chi connectivity index (χ1) is 11.4. The number of rotatable bonds is 4. The molecule has 1 atom stereocenters. The Kier molecular flexibility index (Phi) is 4.73. The molecule has 0 N–H and O–H groups in total. The Morgan fingerprint density at radius 2 is 1.92 bits per heavy atom. The summed E-state index contributed by atoms with van der Waals surface area (Å²) in [4.78, 5) is 4.73. The van der Waals surface area contributed by atoms with Crippen LogP contribution in [0.1, 0.15) is 62.3 Å². The molecule has 1 unspecified atom stereocenters. The van der Waals surface area contributed by atoms with Crippen molar-refractivity contribution in [3.8, 4) is 0 Å². The van der Waals surface area contributed by atoms with Crippen LogP contribution in [0.3, 0.4) is 0 Å². The second kappa shape index (κ2) is 6.64. The monoisotopic (exact) mass is 349 g/mol. The Hall–Kier alpha value is -1.73. The van der Waals surface area contributed by atoms with E-state index >= 15 is 0 Å². The highest BCUT2D eigenvalue weighted by Crippen LogP contribution is 2.35. The maximum Gasteiger partial charge on any atom is 0.245 e.